The Bertz CT molecular complexity index is 805. The van der Waals surface area contributed by atoms with Gasteiger partial charge in [-0.15, -0.1) is 0 Å². The van der Waals surface area contributed by atoms with Crippen LogP contribution in [0.1, 0.15) is 36.3 Å². The molecular formula is C17H23N3O2S. The maximum atomic E-state index is 12.7. The summed E-state index contributed by atoms with van der Waals surface area (Å²) in [5.41, 5.74) is 2.10. The molecule has 2 heterocycles. The van der Waals surface area contributed by atoms with Gasteiger partial charge in [0, 0.05) is 37.4 Å². The number of aromatic nitrogens is 2. The van der Waals surface area contributed by atoms with Crippen molar-refractivity contribution in [1.82, 2.24) is 13.9 Å². The van der Waals surface area contributed by atoms with E-state index >= 15 is 0 Å². The van der Waals surface area contributed by atoms with E-state index in [0.29, 0.717) is 18.0 Å². The van der Waals surface area contributed by atoms with Crippen molar-refractivity contribution in [2.24, 2.45) is 0 Å². The summed E-state index contributed by atoms with van der Waals surface area (Å²) < 4.78 is 29.1. The van der Waals surface area contributed by atoms with Crippen LogP contribution in [0.15, 0.2) is 35.4 Å². The van der Waals surface area contributed by atoms with E-state index in [2.05, 4.69) is 16.5 Å². The zero-order valence-electron chi connectivity index (χ0n) is 13.9. The van der Waals surface area contributed by atoms with Gasteiger partial charge in [0.15, 0.2) is 0 Å². The molecule has 3 rings (SSSR count). The van der Waals surface area contributed by atoms with E-state index in [1.807, 2.05) is 26.1 Å². The molecular weight excluding hydrogens is 310 g/mol. The zero-order valence-corrected chi connectivity index (χ0v) is 14.7. The minimum atomic E-state index is -3.39. The summed E-state index contributed by atoms with van der Waals surface area (Å²) in [5, 5.41) is 0. The fraction of sp³-hybridized carbons (Fsp3) is 0.471. The third-order valence-electron chi connectivity index (χ3n) is 4.37. The molecule has 6 heteroatoms. The molecule has 0 radical (unpaired) electrons. The Morgan fingerprint density at radius 1 is 1.26 bits per heavy atom. The van der Waals surface area contributed by atoms with Crippen molar-refractivity contribution < 1.29 is 8.42 Å². The van der Waals surface area contributed by atoms with Crippen molar-refractivity contribution >= 4 is 10.0 Å². The monoisotopic (exact) mass is 333 g/mol. The van der Waals surface area contributed by atoms with Crippen LogP contribution < -0.4 is 0 Å². The smallest absolute Gasteiger partial charge is 0.243 e. The average Bonchev–Trinajstić information content (AvgIpc) is 2.79. The molecule has 1 aromatic heterocycles. The molecule has 124 valence electrons. The van der Waals surface area contributed by atoms with Gasteiger partial charge in [-0.2, -0.15) is 4.31 Å². The van der Waals surface area contributed by atoms with E-state index in [0.717, 1.165) is 30.0 Å². The number of sulfonamides is 1. The van der Waals surface area contributed by atoms with Gasteiger partial charge in [0.2, 0.25) is 10.0 Å². The highest BCUT2D eigenvalue weighted by Gasteiger charge is 2.39. The van der Waals surface area contributed by atoms with E-state index in [1.54, 1.807) is 22.5 Å². The molecule has 5 nitrogen and oxygen atoms in total. The summed E-state index contributed by atoms with van der Waals surface area (Å²) in [6, 6.07) is 7.09. The topological polar surface area (TPSA) is 55.2 Å². The van der Waals surface area contributed by atoms with Crippen molar-refractivity contribution in [3.05, 3.63) is 47.5 Å². The largest absolute Gasteiger partial charge is 0.332 e. The standard InChI is InChI=1S/C17H23N3O2S/c1-4-8-20-14(3)10-18-17(20)15-11-19(12-15)23(21,22)16-7-5-6-13(2)9-16/h5-7,9-10,15H,4,8,11-12H2,1-3H3. The maximum absolute atomic E-state index is 12.7. The molecule has 0 amide bonds. The Labute approximate surface area is 138 Å². The first kappa shape index (κ1) is 16.2. The first-order chi connectivity index (χ1) is 10.9. The Morgan fingerprint density at radius 3 is 2.65 bits per heavy atom. The van der Waals surface area contributed by atoms with Crippen molar-refractivity contribution in [3.8, 4) is 0 Å². The van der Waals surface area contributed by atoms with Gasteiger partial charge in [-0.25, -0.2) is 13.4 Å². The number of hydrogen-bond acceptors (Lipinski definition) is 3. The average molecular weight is 333 g/mol. The lowest BCUT2D eigenvalue weighted by atomic mass is 10.0. The van der Waals surface area contributed by atoms with Crippen LogP contribution >= 0.6 is 0 Å². The van der Waals surface area contributed by atoms with Crippen LogP contribution in [0.4, 0.5) is 0 Å². The molecule has 1 aromatic carbocycles. The lowest BCUT2D eigenvalue weighted by molar-refractivity contribution is 0.250. The normalized spacial score (nSPS) is 16.5. The van der Waals surface area contributed by atoms with E-state index in [4.69, 9.17) is 0 Å². The molecule has 23 heavy (non-hydrogen) atoms. The number of nitrogens with zero attached hydrogens (tertiary/aromatic N) is 3. The fourth-order valence-electron chi connectivity index (χ4n) is 3.04. The number of benzene rings is 1. The van der Waals surface area contributed by atoms with Gasteiger partial charge < -0.3 is 4.57 Å². The van der Waals surface area contributed by atoms with Crippen molar-refractivity contribution in [3.63, 3.8) is 0 Å². The summed E-state index contributed by atoms with van der Waals surface area (Å²) in [5.74, 6) is 1.20. The predicted molar refractivity (Wildman–Crippen MR) is 89.9 cm³/mol. The zero-order chi connectivity index (χ0) is 16.6. The lowest BCUT2D eigenvalue weighted by Gasteiger charge is -2.37. The second-order valence-corrected chi connectivity index (χ2v) is 8.18. The van der Waals surface area contributed by atoms with Crippen LogP contribution in [0.2, 0.25) is 0 Å². The minimum absolute atomic E-state index is 0.190. The molecule has 0 unspecified atom stereocenters. The molecule has 2 aromatic rings. The Hall–Kier alpha value is -1.66. The van der Waals surface area contributed by atoms with Crippen molar-refractivity contribution in [2.75, 3.05) is 13.1 Å². The molecule has 1 fully saturated rings. The van der Waals surface area contributed by atoms with Gasteiger partial charge in [0.1, 0.15) is 5.82 Å². The summed E-state index contributed by atoms with van der Waals surface area (Å²) in [4.78, 5) is 4.88. The molecule has 1 aliphatic heterocycles. The van der Waals surface area contributed by atoms with Crippen LogP contribution in [-0.4, -0.2) is 35.4 Å². The van der Waals surface area contributed by atoms with Crippen LogP contribution in [0, 0.1) is 13.8 Å². The number of rotatable bonds is 5. The highest BCUT2D eigenvalue weighted by Crippen LogP contribution is 2.32. The van der Waals surface area contributed by atoms with Crippen LogP contribution in [0.5, 0.6) is 0 Å². The fourth-order valence-corrected chi connectivity index (χ4v) is 4.68. The SMILES string of the molecule is CCCn1c(C)cnc1C1CN(S(=O)(=O)c2cccc(C)c2)C1. The van der Waals surface area contributed by atoms with E-state index < -0.39 is 10.0 Å². The highest BCUT2D eigenvalue weighted by molar-refractivity contribution is 7.89. The van der Waals surface area contributed by atoms with Gasteiger partial charge in [-0.1, -0.05) is 19.1 Å². The van der Waals surface area contributed by atoms with E-state index in [9.17, 15) is 8.42 Å². The van der Waals surface area contributed by atoms with Crippen LogP contribution in [0.3, 0.4) is 0 Å². The molecule has 0 saturated carbocycles. The summed E-state index contributed by atoms with van der Waals surface area (Å²) in [6.07, 6.45) is 2.92. The minimum Gasteiger partial charge on any atom is -0.332 e. The maximum Gasteiger partial charge on any atom is 0.243 e. The second-order valence-electron chi connectivity index (χ2n) is 6.24. The van der Waals surface area contributed by atoms with Crippen molar-refractivity contribution in [2.45, 2.75) is 44.6 Å². The van der Waals surface area contributed by atoms with Gasteiger partial charge in [-0.05, 0) is 38.0 Å². The molecule has 0 bridgehead atoms. The second kappa shape index (κ2) is 6.09. The molecule has 0 N–H and O–H groups in total. The van der Waals surface area contributed by atoms with Crippen LogP contribution in [0.25, 0.3) is 0 Å². The first-order valence-corrected chi connectivity index (χ1v) is 9.46. The summed E-state index contributed by atoms with van der Waals surface area (Å²) in [6.45, 7) is 8.04. The Kier molecular flexibility index (Phi) is 4.29. The Morgan fingerprint density at radius 2 is 2.00 bits per heavy atom. The number of hydrogen-bond donors (Lipinski definition) is 0. The summed E-state index contributed by atoms with van der Waals surface area (Å²) in [7, 11) is -3.39. The third kappa shape index (κ3) is 2.93. The van der Waals surface area contributed by atoms with Gasteiger partial charge in [0.05, 0.1) is 4.90 Å². The number of imidazole rings is 1. The molecule has 0 aliphatic carbocycles. The van der Waals surface area contributed by atoms with E-state index in [-0.39, 0.29) is 5.92 Å². The van der Waals surface area contributed by atoms with Gasteiger partial charge in [0.25, 0.3) is 0 Å². The van der Waals surface area contributed by atoms with Crippen molar-refractivity contribution in [1.29, 1.82) is 0 Å². The molecule has 0 spiro atoms. The summed E-state index contributed by atoms with van der Waals surface area (Å²) >= 11 is 0. The lowest BCUT2D eigenvalue weighted by Crippen LogP contribution is -2.49. The molecule has 1 aliphatic rings. The third-order valence-corrected chi connectivity index (χ3v) is 6.20. The molecule has 1 saturated heterocycles. The van der Waals surface area contributed by atoms with Gasteiger partial charge >= 0.3 is 0 Å². The first-order valence-electron chi connectivity index (χ1n) is 8.02. The number of aryl methyl sites for hydroxylation is 2. The highest BCUT2D eigenvalue weighted by atomic mass is 32.2. The van der Waals surface area contributed by atoms with E-state index in [1.165, 1.54) is 0 Å². The predicted octanol–water partition coefficient (Wildman–Crippen LogP) is 2.70. The van der Waals surface area contributed by atoms with Crippen LogP contribution in [-0.2, 0) is 16.6 Å². The molecule has 0 atom stereocenters. The quantitative estimate of drug-likeness (QED) is 0.845. The van der Waals surface area contributed by atoms with Gasteiger partial charge in [-0.3, -0.25) is 0 Å². The Balaban J connectivity index is 1.76.